The maximum Gasteiger partial charge on any atom is 0.257 e. The van der Waals surface area contributed by atoms with Gasteiger partial charge in [0.15, 0.2) is 5.11 Å². The first-order valence-corrected chi connectivity index (χ1v) is 9.09. The zero-order valence-electron chi connectivity index (χ0n) is 14.9. The van der Waals surface area contributed by atoms with Gasteiger partial charge in [0.2, 0.25) is 0 Å². The summed E-state index contributed by atoms with van der Waals surface area (Å²) in [7, 11) is 0. The fourth-order valence-corrected chi connectivity index (χ4v) is 2.31. The first kappa shape index (κ1) is 20.9. The van der Waals surface area contributed by atoms with Gasteiger partial charge >= 0.3 is 0 Å². The monoisotopic (exact) mass is 364 g/mol. The zero-order chi connectivity index (χ0) is 18.5. The highest BCUT2D eigenvalue weighted by molar-refractivity contribution is 7.80. The summed E-state index contributed by atoms with van der Waals surface area (Å²) in [6, 6.07) is 8.73. The van der Waals surface area contributed by atoms with Crippen LogP contribution in [0.5, 0.6) is 0 Å². The predicted molar refractivity (Wildman–Crippen MR) is 104 cm³/mol. The number of hydrazine groups is 1. The highest BCUT2D eigenvalue weighted by Crippen LogP contribution is 2.07. The van der Waals surface area contributed by atoms with Crippen LogP contribution in [0, 0.1) is 5.92 Å². The zero-order valence-corrected chi connectivity index (χ0v) is 15.7. The van der Waals surface area contributed by atoms with E-state index in [1.54, 1.807) is 24.3 Å². The smallest absolute Gasteiger partial charge is 0.257 e. The normalized spacial score (nSPS) is 11.3. The van der Waals surface area contributed by atoms with E-state index in [4.69, 9.17) is 12.2 Å². The molecule has 25 heavy (non-hydrogen) atoms. The second-order valence-electron chi connectivity index (χ2n) is 6.03. The van der Waals surface area contributed by atoms with Crippen molar-refractivity contribution in [2.45, 2.75) is 39.5 Å². The molecule has 0 aliphatic heterocycles. The lowest BCUT2D eigenvalue weighted by atomic mass is 10.0. The van der Waals surface area contributed by atoms with Gasteiger partial charge in [0.05, 0.1) is 6.54 Å². The standard InChI is InChI=1S/C18H28N4O2S/c1-3-4-6-9-14(2)12-20-18(25)22-21-16(23)13-19-17(24)15-10-7-5-8-11-15/h5,7-8,10-11,14H,3-4,6,9,12-13H2,1-2H3,(H,19,24)(H,21,23)(H2,20,22,25)/t14-/m1/s1. The third-order valence-corrected chi connectivity index (χ3v) is 3.92. The summed E-state index contributed by atoms with van der Waals surface area (Å²) in [4.78, 5) is 23.5. The molecule has 0 fully saturated rings. The molecule has 1 atom stereocenters. The van der Waals surface area contributed by atoms with Gasteiger partial charge in [-0.1, -0.05) is 51.3 Å². The molecule has 4 N–H and O–H groups in total. The molecule has 0 aliphatic rings. The van der Waals surface area contributed by atoms with Gasteiger partial charge in [-0.05, 0) is 36.7 Å². The summed E-state index contributed by atoms with van der Waals surface area (Å²) in [5, 5.41) is 5.99. The van der Waals surface area contributed by atoms with Crippen molar-refractivity contribution in [2.24, 2.45) is 5.92 Å². The molecule has 0 unspecified atom stereocenters. The number of carbonyl (C=O) groups is 2. The van der Waals surface area contributed by atoms with Crippen LogP contribution in [0.2, 0.25) is 0 Å². The van der Waals surface area contributed by atoms with Gasteiger partial charge < -0.3 is 10.6 Å². The van der Waals surface area contributed by atoms with Crippen molar-refractivity contribution >= 4 is 29.1 Å². The molecule has 6 nitrogen and oxygen atoms in total. The largest absolute Gasteiger partial charge is 0.361 e. The molecule has 2 amide bonds. The number of unbranched alkanes of at least 4 members (excludes halogenated alkanes) is 2. The van der Waals surface area contributed by atoms with Crippen molar-refractivity contribution in [1.29, 1.82) is 0 Å². The van der Waals surface area contributed by atoms with E-state index in [0.29, 0.717) is 16.6 Å². The molecule has 1 aromatic carbocycles. The van der Waals surface area contributed by atoms with E-state index in [1.807, 2.05) is 6.07 Å². The number of carbonyl (C=O) groups excluding carboxylic acids is 2. The Hall–Kier alpha value is -2.15. The van der Waals surface area contributed by atoms with Gasteiger partial charge in [0.1, 0.15) is 0 Å². The average Bonchev–Trinajstić information content (AvgIpc) is 2.63. The van der Waals surface area contributed by atoms with E-state index in [-0.39, 0.29) is 18.4 Å². The quantitative estimate of drug-likeness (QED) is 0.307. The van der Waals surface area contributed by atoms with E-state index in [1.165, 1.54) is 19.3 Å². The molecule has 0 saturated carbocycles. The fraction of sp³-hybridized carbons (Fsp3) is 0.500. The van der Waals surface area contributed by atoms with Crippen molar-refractivity contribution in [2.75, 3.05) is 13.1 Å². The third kappa shape index (κ3) is 9.66. The summed E-state index contributed by atoms with van der Waals surface area (Å²) >= 11 is 5.11. The van der Waals surface area contributed by atoms with E-state index in [0.717, 1.165) is 13.0 Å². The van der Waals surface area contributed by atoms with Crippen molar-refractivity contribution in [3.05, 3.63) is 35.9 Å². The van der Waals surface area contributed by atoms with Gasteiger partial charge in [0, 0.05) is 12.1 Å². The van der Waals surface area contributed by atoms with Gasteiger partial charge in [-0.25, -0.2) is 0 Å². The van der Waals surface area contributed by atoms with Crippen LogP contribution in [0.3, 0.4) is 0 Å². The second-order valence-corrected chi connectivity index (χ2v) is 6.44. The number of thiocarbonyl (C=S) groups is 1. The molecule has 1 aromatic rings. The number of hydrogen-bond acceptors (Lipinski definition) is 3. The molecule has 1 rings (SSSR count). The maximum atomic E-state index is 11.8. The number of amides is 2. The van der Waals surface area contributed by atoms with Crippen LogP contribution >= 0.6 is 12.2 Å². The topological polar surface area (TPSA) is 82.3 Å². The lowest BCUT2D eigenvalue weighted by molar-refractivity contribution is -0.120. The number of benzene rings is 1. The Morgan fingerprint density at radius 2 is 1.80 bits per heavy atom. The summed E-state index contributed by atoms with van der Waals surface area (Å²) in [5.74, 6) is -0.144. The second kappa shape index (κ2) is 12.2. The Balaban J connectivity index is 2.14. The molecule has 0 aliphatic carbocycles. The molecule has 0 saturated heterocycles. The van der Waals surface area contributed by atoms with Crippen LogP contribution in [0.4, 0.5) is 0 Å². The molecule has 0 bridgehead atoms. The van der Waals surface area contributed by atoms with Crippen molar-refractivity contribution in [3.8, 4) is 0 Å². The SMILES string of the molecule is CCCCC[C@@H](C)CNC(=S)NNC(=O)CNC(=O)c1ccccc1. The van der Waals surface area contributed by atoms with E-state index >= 15 is 0 Å². The van der Waals surface area contributed by atoms with Gasteiger partial charge in [0.25, 0.3) is 11.8 Å². The lowest BCUT2D eigenvalue weighted by Crippen LogP contribution is -2.50. The van der Waals surface area contributed by atoms with Crippen LogP contribution in [0.1, 0.15) is 49.9 Å². The van der Waals surface area contributed by atoms with Crippen LogP contribution in [-0.2, 0) is 4.79 Å². The number of hydrogen-bond donors (Lipinski definition) is 4. The fourth-order valence-electron chi connectivity index (χ4n) is 2.18. The summed E-state index contributed by atoms with van der Waals surface area (Å²) in [5.41, 5.74) is 5.61. The van der Waals surface area contributed by atoms with Crippen LogP contribution < -0.4 is 21.5 Å². The first-order valence-electron chi connectivity index (χ1n) is 8.68. The van der Waals surface area contributed by atoms with Crippen LogP contribution in [-0.4, -0.2) is 30.0 Å². The number of nitrogens with one attached hydrogen (secondary N) is 4. The van der Waals surface area contributed by atoms with E-state index in [2.05, 4.69) is 35.3 Å². The van der Waals surface area contributed by atoms with Crippen LogP contribution in [0.25, 0.3) is 0 Å². The van der Waals surface area contributed by atoms with Gasteiger partial charge in [-0.3, -0.25) is 20.4 Å². The summed E-state index contributed by atoms with van der Waals surface area (Å²) in [6.07, 6.45) is 4.84. The van der Waals surface area contributed by atoms with Gasteiger partial charge in [-0.2, -0.15) is 0 Å². The maximum absolute atomic E-state index is 11.8. The molecule has 0 radical (unpaired) electrons. The third-order valence-electron chi connectivity index (χ3n) is 3.67. The molecular formula is C18H28N4O2S. The minimum atomic E-state index is -0.371. The average molecular weight is 365 g/mol. The van der Waals surface area contributed by atoms with E-state index < -0.39 is 0 Å². The Kier molecular flexibility index (Phi) is 10.2. The molecule has 0 spiro atoms. The Morgan fingerprint density at radius 1 is 1.08 bits per heavy atom. The van der Waals surface area contributed by atoms with Gasteiger partial charge in [-0.15, -0.1) is 0 Å². The van der Waals surface area contributed by atoms with Crippen LogP contribution in [0.15, 0.2) is 30.3 Å². The molecule has 138 valence electrons. The molecule has 7 heteroatoms. The lowest BCUT2D eigenvalue weighted by Gasteiger charge is -2.15. The van der Waals surface area contributed by atoms with Crippen molar-refractivity contribution in [1.82, 2.24) is 21.5 Å². The Morgan fingerprint density at radius 3 is 2.48 bits per heavy atom. The highest BCUT2D eigenvalue weighted by atomic mass is 32.1. The van der Waals surface area contributed by atoms with Crippen molar-refractivity contribution in [3.63, 3.8) is 0 Å². The first-order chi connectivity index (χ1) is 12.0. The minimum Gasteiger partial charge on any atom is -0.361 e. The molecule has 0 aromatic heterocycles. The molecule has 0 heterocycles. The number of rotatable bonds is 9. The Labute approximate surface area is 155 Å². The van der Waals surface area contributed by atoms with E-state index in [9.17, 15) is 9.59 Å². The Bertz CT molecular complexity index is 551. The van der Waals surface area contributed by atoms with Crippen molar-refractivity contribution < 1.29 is 9.59 Å². The summed E-state index contributed by atoms with van der Waals surface area (Å²) in [6.45, 7) is 4.99. The summed E-state index contributed by atoms with van der Waals surface area (Å²) < 4.78 is 0. The highest BCUT2D eigenvalue weighted by Gasteiger charge is 2.08. The minimum absolute atomic E-state index is 0.128. The molecular weight excluding hydrogens is 336 g/mol. The predicted octanol–water partition coefficient (Wildman–Crippen LogP) is 2.13.